The van der Waals surface area contributed by atoms with Crippen LogP contribution in [0.5, 0.6) is 0 Å². The van der Waals surface area contributed by atoms with Gasteiger partial charge in [-0.3, -0.25) is 4.90 Å². The molecule has 1 fully saturated rings. The number of halogens is 2. The van der Waals surface area contributed by atoms with Crippen LogP contribution >= 0.6 is 0 Å². The van der Waals surface area contributed by atoms with Crippen molar-refractivity contribution in [2.45, 2.75) is 18.9 Å². The summed E-state index contributed by atoms with van der Waals surface area (Å²) in [7, 11) is 0. The number of rotatable bonds is 2. The zero-order valence-electron chi connectivity index (χ0n) is 7.17. The van der Waals surface area contributed by atoms with Crippen LogP contribution in [0, 0.1) is 0 Å². The Kier molecular flexibility index (Phi) is 2.07. The van der Waals surface area contributed by atoms with Crippen LogP contribution in [0.2, 0.25) is 0 Å². The SMILES string of the molecule is FC1(F)CCN(Cc2ccco2)C1. The minimum atomic E-state index is -2.51. The zero-order chi connectivity index (χ0) is 9.31. The fourth-order valence-corrected chi connectivity index (χ4v) is 1.56. The summed E-state index contributed by atoms with van der Waals surface area (Å²) in [5.74, 6) is -1.76. The number of hydrogen-bond acceptors (Lipinski definition) is 2. The molecule has 0 amide bonds. The molecule has 0 bridgehead atoms. The number of alkyl halides is 2. The van der Waals surface area contributed by atoms with E-state index in [0.717, 1.165) is 5.76 Å². The quantitative estimate of drug-likeness (QED) is 0.705. The van der Waals surface area contributed by atoms with Crippen molar-refractivity contribution in [3.8, 4) is 0 Å². The Morgan fingerprint density at radius 2 is 2.38 bits per heavy atom. The maximum Gasteiger partial charge on any atom is 0.261 e. The minimum absolute atomic E-state index is 0.0340. The molecule has 1 aromatic rings. The van der Waals surface area contributed by atoms with E-state index in [9.17, 15) is 8.78 Å². The molecule has 2 heterocycles. The van der Waals surface area contributed by atoms with Crippen molar-refractivity contribution >= 4 is 0 Å². The maximum absolute atomic E-state index is 12.8. The molecule has 0 saturated carbocycles. The summed E-state index contributed by atoms with van der Waals surface area (Å²) < 4.78 is 30.6. The topological polar surface area (TPSA) is 16.4 Å². The van der Waals surface area contributed by atoms with Gasteiger partial charge < -0.3 is 4.42 Å². The third kappa shape index (κ3) is 2.06. The second-order valence-corrected chi connectivity index (χ2v) is 3.40. The Balaban J connectivity index is 1.91. The molecule has 0 spiro atoms. The molecule has 0 unspecified atom stereocenters. The van der Waals surface area contributed by atoms with E-state index in [4.69, 9.17) is 4.42 Å². The van der Waals surface area contributed by atoms with E-state index >= 15 is 0 Å². The van der Waals surface area contributed by atoms with Gasteiger partial charge in [0.1, 0.15) is 5.76 Å². The van der Waals surface area contributed by atoms with Gasteiger partial charge in [-0.2, -0.15) is 0 Å². The molecule has 0 radical (unpaired) electrons. The summed E-state index contributed by atoms with van der Waals surface area (Å²) in [5, 5.41) is 0. The van der Waals surface area contributed by atoms with E-state index in [0.29, 0.717) is 13.1 Å². The summed E-state index contributed by atoms with van der Waals surface area (Å²) in [6.07, 6.45) is 1.53. The van der Waals surface area contributed by atoms with E-state index in [1.165, 1.54) is 0 Å². The first-order valence-corrected chi connectivity index (χ1v) is 4.28. The number of hydrogen-bond donors (Lipinski definition) is 0. The van der Waals surface area contributed by atoms with Gasteiger partial charge in [0.25, 0.3) is 5.92 Å². The van der Waals surface area contributed by atoms with Gasteiger partial charge in [0.05, 0.1) is 19.4 Å². The highest BCUT2D eigenvalue weighted by atomic mass is 19.3. The zero-order valence-corrected chi connectivity index (χ0v) is 7.17. The normalized spacial score (nSPS) is 22.3. The Bertz CT molecular complexity index is 271. The highest BCUT2D eigenvalue weighted by molar-refractivity contribution is 4.99. The standard InChI is InChI=1S/C9H11F2NO/c10-9(11)3-4-12(7-9)6-8-2-1-5-13-8/h1-2,5H,3-4,6-7H2. The van der Waals surface area contributed by atoms with E-state index in [-0.39, 0.29) is 13.0 Å². The third-order valence-corrected chi connectivity index (χ3v) is 2.21. The Labute approximate surface area is 75.1 Å². The molecule has 0 aliphatic carbocycles. The summed E-state index contributed by atoms with van der Waals surface area (Å²) in [6.45, 7) is 0.796. The fraction of sp³-hybridized carbons (Fsp3) is 0.556. The molecular formula is C9H11F2NO. The first-order chi connectivity index (χ1) is 6.16. The van der Waals surface area contributed by atoms with Gasteiger partial charge >= 0.3 is 0 Å². The predicted molar refractivity (Wildman–Crippen MR) is 43.5 cm³/mol. The van der Waals surface area contributed by atoms with Gasteiger partial charge in [0.2, 0.25) is 0 Å². The minimum Gasteiger partial charge on any atom is -0.468 e. The summed E-state index contributed by atoms with van der Waals surface area (Å²) in [5.41, 5.74) is 0. The number of furan rings is 1. The second kappa shape index (κ2) is 3.10. The lowest BCUT2D eigenvalue weighted by Crippen LogP contribution is -2.24. The largest absolute Gasteiger partial charge is 0.468 e. The molecule has 2 rings (SSSR count). The van der Waals surface area contributed by atoms with Crippen LogP contribution in [0.25, 0.3) is 0 Å². The lowest BCUT2D eigenvalue weighted by Gasteiger charge is -2.13. The van der Waals surface area contributed by atoms with E-state index in [1.807, 2.05) is 0 Å². The Hall–Kier alpha value is -0.900. The van der Waals surface area contributed by atoms with Gasteiger partial charge in [-0.05, 0) is 12.1 Å². The fourth-order valence-electron chi connectivity index (χ4n) is 1.56. The van der Waals surface area contributed by atoms with Crippen molar-refractivity contribution in [1.29, 1.82) is 0 Å². The number of nitrogens with zero attached hydrogens (tertiary/aromatic N) is 1. The van der Waals surface area contributed by atoms with Crippen molar-refractivity contribution in [3.05, 3.63) is 24.2 Å². The van der Waals surface area contributed by atoms with Crippen molar-refractivity contribution in [3.63, 3.8) is 0 Å². The third-order valence-electron chi connectivity index (χ3n) is 2.21. The average Bonchev–Trinajstić information content (AvgIpc) is 2.61. The van der Waals surface area contributed by atoms with Gasteiger partial charge in [-0.15, -0.1) is 0 Å². The average molecular weight is 187 g/mol. The van der Waals surface area contributed by atoms with E-state index in [2.05, 4.69) is 0 Å². The molecule has 0 atom stereocenters. The van der Waals surface area contributed by atoms with Gasteiger partial charge in [0.15, 0.2) is 0 Å². The Morgan fingerprint density at radius 3 is 2.92 bits per heavy atom. The van der Waals surface area contributed by atoms with Crippen molar-refractivity contribution in [1.82, 2.24) is 4.90 Å². The summed E-state index contributed by atoms with van der Waals surface area (Å²) >= 11 is 0. The molecule has 2 nitrogen and oxygen atoms in total. The summed E-state index contributed by atoms with van der Waals surface area (Å²) in [6, 6.07) is 3.57. The van der Waals surface area contributed by atoms with E-state index < -0.39 is 5.92 Å². The van der Waals surface area contributed by atoms with Crippen LogP contribution in [0.4, 0.5) is 8.78 Å². The molecule has 4 heteroatoms. The first-order valence-electron chi connectivity index (χ1n) is 4.28. The van der Waals surface area contributed by atoms with Gasteiger partial charge in [-0.25, -0.2) is 8.78 Å². The van der Waals surface area contributed by atoms with Crippen LogP contribution in [0.15, 0.2) is 22.8 Å². The molecule has 1 saturated heterocycles. The van der Waals surface area contributed by atoms with Crippen molar-refractivity contribution in [2.75, 3.05) is 13.1 Å². The molecular weight excluding hydrogens is 176 g/mol. The molecule has 1 aliphatic rings. The lowest BCUT2D eigenvalue weighted by atomic mass is 10.3. The van der Waals surface area contributed by atoms with Crippen LogP contribution in [0.1, 0.15) is 12.2 Å². The van der Waals surface area contributed by atoms with Crippen molar-refractivity contribution < 1.29 is 13.2 Å². The molecule has 0 aromatic carbocycles. The lowest BCUT2D eigenvalue weighted by molar-refractivity contribution is 0.0110. The van der Waals surface area contributed by atoms with Crippen LogP contribution < -0.4 is 0 Å². The molecule has 0 N–H and O–H groups in total. The highest BCUT2D eigenvalue weighted by Crippen LogP contribution is 2.27. The molecule has 1 aliphatic heterocycles. The number of likely N-dealkylation sites (tertiary alicyclic amines) is 1. The summed E-state index contributed by atoms with van der Waals surface area (Å²) in [4.78, 5) is 1.71. The smallest absolute Gasteiger partial charge is 0.261 e. The van der Waals surface area contributed by atoms with Gasteiger partial charge in [-0.1, -0.05) is 0 Å². The van der Waals surface area contributed by atoms with Crippen LogP contribution in [-0.4, -0.2) is 23.9 Å². The predicted octanol–water partition coefficient (Wildman–Crippen LogP) is 2.12. The Morgan fingerprint density at radius 1 is 1.54 bits per heavy atom. The highest BCUT2D eigenvalue weighted by Gasteiger charge is 2.38. The van der Waals surface area contributed by atoms with Crippen molar-refractivity contribution in [2.24, 2.45) is 0 Å². The second-order valence-electron chi connectivity index (χ2n) is 3.40. The van der Waals surface area contributed by atoms with Crippen LogP contribution in [0.3, 0.4) is 0 Å². The first kappa shape index (κ1) is 8.69. The van der Waals surface area contributed by atoms with E-state index in [1.54, 1.807) is 23.3 Å². The maximum atomic E-state index is 12.8. The molecule has 13 heavy (non-hydrogen) atoms. The molecule has 1 aromatic heterocycles. The van der Waals surface area contributed by atoms with Gasteiger partial charge in [0, 0.05) is 13.0 Å². The van der Waals surface area contributed by atoms with Crippen LogP contribution in [-0.2, 0) is 6.54 Å². The molecule has 72 valence electrons. The monoisotopic (exact) mass is 187 g/mol.